The van der Waals surface area contributed by atoms with Gasteiger partial charge in [0.25, 0.3) is 0 Å². The molecule has 2 unspecified atom stereocenters. The van der Waals surface area contributed by atoms with Gasteiger partial charge in [-0.05, 0) is 66.4 Å². The molecule has 2 aromatic carbocycles. The summed E-state index contributed by atoms with van der Waals surface area (Å²) in [5.74, 6) is -2.12. The highest BCUT2D eigenvalue weighted by Crippen LogP contribution is 2.38. The van der Waals surface area contributed by atoms with Gasteiger partial charge in [0.05, 0.1) is 16.7 Å². The van der Waals surface area contributed by atoms with Crippen molar-refractivity contribution in [3.63, 3.8) is 0 Å². The van der Waals surface area contributed by atoms with Crippen molar-refractivity contribution in [2.24, 2.45) is 5.92 Å². The number of allylic oxidation sites excluding steroid dienone is 2. The van der Waals surface area contributed by atoms with E-state index in [2.05, 4.69) is 11.9 Å². The lowest BCUT2D eigenvalue weighted by Crippen LogP contribution is -2.27. The van der Waals surface area contributed by atoms with Crippen molar-refractivity contribution in [1.29, 1.82) is 5.26 Å². The summed E-state index contributed by atoms with van der Waals surface area (Å²) in [6.45, 7) is 7.71. The summed E-state index contributed by atoms with van der Waals surface area (Å²) in [7, 11) is 1.86. The monoisotopic (exact) mass is 489 g/mol. The number of anilines is 1. The first-order valence-corrected chi connectivity index (χ1v) is 11.7. The fourth-order valence-corrected chi connectivity index (χ4v) is 4.59. The van der Waals surface area contributed by atoms with E-state index in [4.69, 9.17) is 16.9 Å². The van der Waals surface area contributed by atoms with Gasteiger partial charge in [0, 0.05) is 44.2 Å². The maximum atomic E-state index is 13.2. The molecule has 0 radical (unpaired) electrons. The highest BCUT2D eigenvalue weighted by molar-refractivity contribution is 6.31. The Morgan fingerprint density at radius 1 is 1.23 bits per heavy atom. The Morgan fingerprint density at radius 2 is 1.86 bits per heavy atom. The number of carbonyl (C=O) groups is 3. The van der Waals surface area contributed by atoms with Gasteiger partial charge in [0.1, 0.15) is 11.7 Å². The first-order valence-electron chi connectivity index (χ1n) is 11.3. The Balaban J connectivity index is 1.70. The number of hydrogen-bond donors (Lipinski definition) is 1. The number of amides is 1. The van der Waals surface area contributed by atoms with Gasteiger partial charge in [-0.3, -0.25) is 14.4 Å². The molecule has 2 atom stereocenters. The molecule has 1 saturated carbocycles. The highest BCUT2D eigenvalue weighted by atomic mass is 35.5. The number of nitriles is 1. The predicted molar refractivity (Wildman–Crippen MR) is 137 cm³/mol. The van der Waals surface area contributed by atoms with Crippen molar-refractivity contribution in [3.8, 4) is 6.07 Å². The van der Waals surface area contributed by atoms with Gasteiger partial charge in [-0.25, -0.2) is 0 Å². The van der Waals surface area contributed by atoms with Gasteiger partial charge in [0.2, 0.25) is 5.91 Å². The van der Waals surface area contributed by atoms with Crippen LogP contribution in [0.2, 0.25) is 0 Å². The zero-order chi connectivity index (χ0) is 25.7. The standard InChI is InChI=1S/C28H28ClN3O3/c1-5-22(29)16-32(4)23-10-17(2)26(18(3)11-23)27-24(33)12-21(28(27)35)13-25(34)31-15-20-8-6-19(14-30)7-9-20/h5-11,16,21,27H,1,12-13,15H2,2-4H3,(H,31,34)/b22-16+. The van der Waals surface area contributed by atoms with Crippen LogP contribution in [0.4, 0.5) is 5.69 Å². The quantitative estimate of drug-likeness (QED) is 0.424. The molecule has 1 amide bonds. The molecule has 2 aromatic rings. The van der Waals surface area contributed by atoms with Crippen LogP contribution in [0.5, 0.6) is 0 Å². The van der Waals surface area contributed by atoms with Gasteiger partial charge in [0.15, 0.2) is 5.78 Å². The Bertz CT molecular complexity index is 1220. The van der Waals surface area contributed by atoms with Crippen LogP contribution in [0.25, 0.3) is 0 Å². The van der Waals surface area contributed by atoms with E-state index >= 15 is 0 Å². The van der Waals surface area contributed by atoms with Crippen molar-refractivity contribution in [2.45, 2.75) is 39.2 Å². The minimum Gasteiger partial charge on any atom is -0.352 e. The minimum atomic E-state index is -0.849. The van der Waals surface area contributed by atoms with Crippen LogP contribution in [0.1, 0.15) is 46.6 Å². The van der Waals surface area contributed by atoms with Crippen molar-refractivity contribution in [1.82, 2.24) is 5.32 Å². The molecular formula is C28H28ClN3O3. The van der Waals surface area contributed by atoms with E-state index in [1.54, 1.807) is 36.5 Å². The van der Waals surface area contributed by atoms with Crippen LogP contribution in [0.15, 0.2) is 60.3 Å². The number of nitrogens with zero attached hydrogens (tertiary/aromatic N) is 2. The number of halogens is 1. The third-order valence-electron chi connectivity index (χ3n) is 6.25. The maximum Gasteiger partial charge on any atom is 0.221 e. The maximum absolute atomic E-state index is 13.2. The van der Waals surface area contributed by atoms with E-state index in [-0.39, 0.29) is 30.3 Å². The molecule has 0 bridgehead atoms. The van der Waals surface area contributed by atoms with E-state index in [9.17, 15) is 14.4 Å². The Kier molecular flexibility index (Phi) is 8.26. The van der Waals surface area contributed by atoms with Gasteiger partial charge in [-0.1, -0.05) is 30.3 Å². The second kappa shape index (κ2) is 11.2. The molecule has 0 aromatic heterocycles. The molecular weight excluding hydrogens is 462 g/mol. The lowest BCUT2D eigenvalue weighted by Gasteiger charge is -2.21. The average molecular weight is 490 g/mol. The molecule has 0 heterocycles. The van der Waals surface area contributed by atoms with E-state index in [0.717, 1.165) is 27.9 Å². The Labute approximate surface area is 210 Å². The van der Waals surface area contributed by atoms with Gasteiger partial charge < -0.3 is 10.2 Å². The number of ketones is 2. The second-order valence-corrected chi connectivity index (χ2v) is 9.25. The van der Waals surface area contributed by atoms with Crippen molar-refractivity contribution in [3.05, 3.63) is 88.1 Å². The topological polar surface area (TPSA) is 90.3 Å². The molecule has 0 saturated heterocycles. The number of aryl methyl sites for hydroxylation is 2. The smallest absolute Gasteiger partial charge is 0.221 e. The molecule has 1 aliphatic rings. The zero-order valence-corrected chi connectivity index (χ0v) is 20.9. The van der Waals surface area contributed by atoms with Crippen LogP contribution in [0, 0.1) is 31.1 Å². The molecule has 3 rings (SSSR count). The summed E-state index contributed by atoms with van der Waals surface area (Å²) >= 11 is 6.06. The van der Waals surface area contributed by atoms with E-state index in [0.29, 0.717) is 17.1 Å². The lowest BCUT2D eigenvalue weighted by atomic mass is 9.86. The molecule has 6 nitrogen and oxygen atoms in total. The number of benzene rings is 2. The summed E-state index contributed by atoms with van der Waals surface area (Å²) in [5.41, 5.74) is 4.67. The van der Waals surface area contributed by atoms with Gasteiger partial charge in [-0.2, -0.15) is 5.26 Å². The van der Waals surface area contributed by atoms with E-state index in [1.165, 1.54) is 0 Å². The van der Waals surface area contributed by atoms with Crippen LogP contribution >= 0.6 is 11.6 Å². The Hall–Kier alpha value is -3.69. The van der Waals surface area contributed by atoms with Gasteiger partial charge >= 0.3 is 0 Å². The molecule has 1 fully saturated rings. The fourth-order valence-electron chi connectivity index (χ4n) is 4.45. The first-order chi connectivity index (χ1) is 16.6. The normalized spacial score (nSPS) is 17.7. The number of nitrogens with one attached hydrogen (secondary N) is 1. The van der Waals surface area contributed by atoms with Crippen LogP contribution in [-0.2, 0) is 20.9 Å². The van der Waals surface area contributed by atoms with Crippen molar-refractivity contribution >= 4 is 34.8 Å². The minimum absolute atomic E-state index is 0.0267. The summed E-state index contributed by atoms with van der Waals surface area (Å²) in [6, 6.07) is 12.8. The van der Waals surface area contributed by atoms with Crippen molar-refractivity contribution < 1.29 is 14.4 Å². The van der Waals surface area contributed by atoms with E-state index < -0.39 is 11.8 Å². The molecule has 35 heavy (non-hydrogen) atoms. The predicted octanol–water partition coefficient (Wildman–Crippen LogP) is 4.83. The summed E-state index contributed by atoms with van der Waals surface area (Å²) in [4.78, 5) is 40.5. The number of hydrogen-bond acceptors (Lipinski definition) is 5. The molecule has 180 valence electrons. The second-order valence-electron chi connectivity index (χ2n) is 8.81. The van der Waals surface area contributed by atoms with Crippen LogP contribution < -0.4 is 10.2 Å². The summed E-state index contributed by atoms with van der Waals surface area (Å²) < 4.78 is 0. The number of Topliss-reactive ketones (excluding diaryl/α,β-unsaturated/α-hetero) is 2. The highest BCUT2D eigenvalue weighted by Gasteiger charge is 2.43. The molecule has 0 spiro atoms. The van der Waals surface area contributed by atoms with Crippen LogP contribution in [-0.4, -0.2) is 24.5 Å². The molecule has 1 N–H and O–H groups in total. The number of carbonyl (C=O) groups excluding carboxylic acids is 3. The fraction of sp³-hybridized carbons (Fsp3) is 0.286. The molecule has 1 aliphatic carbocycles. The third kappa shape index (κ3) is 6.06. The van der Waals surface area contributed by atoms with Gasteiger partial charge in [-0.15, -0.1) is 0 Å². The van der Waals surface area contributed by atoms with Crippen LogP contribution in [0.3, 0.4) is 0 Å². The average Bonchev–Trinajstić information content (AvgIpc) is 3.10. The lowest BCUT2D eigenvalue weighted by molar-refractivity contribution is -0.128. The molecule has 0 aliphatic heterocycles. The largest absolute Gasteiger partial charge is 0.352 e. The number of rotatable bonds is 8. The van der Waals surface area contributed by atoms with Crippen molar-refractivity contribution in [2.75, 3.05) is 11.9 Å². The molecule has 7 heteroatoms. The van der Waals surface area contributed by atoms with E-state index in [1.807, 2.05) is 44.0 Å². The SMILES string of the molecule is C=C/C(Cl)=C\N(C)c1cc(C)c(C2C(=O)CC(CC(=O)NCc3ccc(C#N)cc3)C2=O)c(C)c1. The summed E-state index contributed by atoms with van der Waals surface area (Å²) in [6.07, 6.45) is 3.32. The zero-order valence-electron chi connectivity index (χ0n) is 20.1. The third-order valence-corrected chi connectivity index (χ3v) is 6.50. The first kappa shape index (κ1) is 25.9. The Morgan fingerprint density at radius 3 is 2.43 bits per heavy atom. The summed E-state index contributed by atoms with van der Waals surface area (Å²) in [5, 5.41) is 12.2.